The Morgan fingerprint density at radius 3 is 2.56 bits per heavy atom. The van der Waals surface area contributed by atoms with Crippen LogP contribution in [0.15, 0.2) is 18.2 Å². The van der Waals surface area contributed by atoms with Crippen LogP contribution in [0.2, 0.25) is 0 Å². The molecule has 5 nitrogen and oxygen atoms in total. The molecule has 0 aliphatic rings. The summed E-state index contributed by atoms with van der Waals surface area (Å²) >= 11 is 0. The fourth-order valence-corrected chi connectivity index (χ4v) is 1.36. The van der Waals surface area contributed by atoms with E-state index >= 15 is 0 Å². The Morgan fingerprint density at radius 2 is 2.00 bits per heavy atom. The van der Waals surface area contributed by atoms with Gasteiger partial charge in [0.15, 0.2) is 5.78 Å². The molecule has 0 atom stereocenters. The number of carbonyl (C=O) groups is 1. The first-order chi connectivity index (χ1) is 8.39. The third-order valence-corrected chi connectivity index (χ3v) is 2.69. The molecular weight excluding hydrogens is 234 g/mol. The first-order valence-electron chi connectivity index (χ1n) is 5.71. The van der Waals surface area contributed by atoms with Crippen LogP contribution in [0.5, 0.6) is 5.75 Å². The number of rotatable bonds is 6. The molecule has 100 valence electrons. The zero-order valence-corrected chi connectivity index (χ0v) is 10.6. The molecule has 0 unspecified atom stereocenters. The molecule has 0 aromatic heterocycles. The van der Waals surface area contributed by atoms with Crippen LogP contribution < -0.4 is 5.32 Å². The molecule has 18 heavy (non-hydrogen) atoms. The monoisotopic (exact) mass is 253 g/mol. The van der Waals surface area contributed by atoms with Crippen LogP contribution in [0, 0.1) is 0 Å². The molecule has 0 aliphatic carbocycles. The van der Waals surface area contributed by atoms with Gasteiger partial charge in [-0.25, -0.2) is 0 Å². The number of ketones is 1. The summed E-state index contributed by atoms with van der Waals surface area (Å²) in [5.41, 5.74) is 0.215. The maximum Gasteiger partial charge on any atom is 0.176 e. The zero-order chi connectivity index (χ0) is 13.8. The number of hydrogen-bond donors (Lipinski definition) is 4. The molecule has 0 saturated heterocycles. The Balaban J connectivity index is 2.73. The predicted octanol–water partition coefficient (Wildman–Crippen LogP) is 0.428. The molecule has 1 aromatic carbocycles. The number of carbonyl (C=O) groups excluding carboxylic acids is 1. The molecule has 1 aromatic rings. The quantitative estimate of drug-likeness (QED) is 0.552. The maximum absolute atomic E-state index is 11.9. The summed E-state index contributed by atoms with van der Waals surface area (Å²) < 4.78 is 0. The molecule has 0 spiro atoms. The van der Waals surface area contributed by atoms with Crippen molar-refractivity contribution in [2.75, 3.05) is 13.2 Å². The summed E-state index contributed by atoms with van der Waals surface area (Å²) in [6, 6.07) is 4.35. The summed E-state index contributed by atoms with van der Waals surface area (Å²) in [6.07, 6.45) is 0. The largest absolute Gasteiger partial charge is 0.508 e. The van der Waals surface area contributed by atoms with E-state index in [-0.39, 0.29) is 31.3 Å². The molecule has 1 rings (SSSR count). The third kappa shape index (κ3) is 3.80. The van der Waals surface area contributed by atoms with Crippen molar-refractivity contribution in [1.82, 2.24) is 5.32 Å². The fraction of sp³-hybridized carbons (Fsp3) is 0.462. The molecule has 0 amide bonds. The van der Waals surface area contributed by atoms with Crippen LogP contribution in [0.25, 0.3) is 0 Å². The van der Waals surface area contributed by atoms with E-state index < -0.39 is 5.54 Å². The Kier molecular flexibility index (Phi) is 4.84. The van der Waals surface area contributed by atoms with Crippen LogP contribution >= 0.6 is 0 Å². The van der Waals surface area contributed by atoms with Crippen molar-refractivity contribution >= 4 is 5.78 Å². The number of hydrogen-bond acceptors (Lipinski definition) is 5. The molecule has 4 N–H and O–H groups in total. The molecule has 0 fully saturated rings. The van der Waals surface area contributed by atoms with E-state index in [1.54, 1.807) is 13.8 Å². The van der Waals surface area contributed by atoms with Gasteiger partial charge in [0.1, 0.15) is 5.75 Å². The fourth-order valence-electron chi connectivity index (χ4n) is 1.36. The topological polar surface area (TPSA) is 89.8 Å². The summed E-state index contributed by atoms with van der Waals surface area (Å²) in [4.78, 5) is 11.9. The normalized spacial score (nSPS) is 11.6. The van der Waals surface area contributed by atoms with Crippen LogP contribution in [0.3, 0.4) is 0 Å². The van der Waals surface area contributed by atoms with Crippen molar-refractivity contribution in [3.63, 3.8) is 0 Å². The highest BCUT2D eigenvalue weighted by molar-refractivity contribution is 5.98. The second kappa shape index (κ2) is 5.95. The Morgan fingerprint density at radius 1 is 1.33 bits per heavy atom. The first-order valence-corrected chi connectivity index (χ1v) is 5.71. The Hall–Kier alpha value is -1.43. The van der Waals surface area contributed by atoms with Gasteiger partial charge in [-0.3, -0.25) is 4.79 Å². The van der Waals surface area contributed by atoms with Gasteiger partial charge in [-0.05, 0) is 32.0 Å². The van der Waals surface area contributed by atoms with Crippen molar-refractivity contribution in [2.24, 2.45) is 0 Å². The second-order valence-corrected chi connectivity index (χ2v) is 4.82. The highest BCUT2D eigenvalue weighted by atomic mass is 16.3. The molecule has 0 bridgehead atoms. The van der Waals surface area contributed by atoms with Gasteiger partial charge >= 0.3 is 0 Å². The summed E-state index contributed by atoms with van der Waals surface area (Å²) in [6.45, 7) is 3.27. The van der Waals surface area contributed by atoms with Gasteiger partial charge in [-0.15, -0.1) is 0 Å². The molecule has 0 aliphatic heterocycles. The van der Waals surface area contributed by atoms with Gasteiger partial charge in [-0.2, -0.15) is 0 Å². The van der Waals surface area contributed by atoms with Gasteiger partial charge < -0.3 is 20.6 Å². The lowest BCUT2D eigenvalue weighted by atomic mass is 10.0. The van der Waals surface area contributed by atoms with Crippen molar-refractivity contribution in [3.8, 4) is 5.75 Å². The summed E-state index contributed by atoms with van der Waals surface area (Å²) in [7, 11) is 0. The van der Waals surface area contributed by atoms with E-state index in [0.717, 1.165) is 0 Å². The number of aromatic hydroxyl groups is 1. The van der Waals surface area contributed by atoms with E-state index in [0.29, 0.717) is 11.1 Å². The average Bonchev–Trinajstić information content (AvgIpc) is 2.36. The Bertz CT molecular complexity index is 429. The highest BCUT2D eigenvalue weighted by Crippen LogP contribution is 2.18. The highest BCUT2D eigenvalue weighted by Gasteiger charge is 2.17. The lowest BCUT2D eigenvalue weighted by Gasteiger charge is -2.23. The van der Waals surface area contributed by atoms with E-state index in [1.165, 1.54) is 18.2 Å². The number of nitrogens with one attached hydrogen (secondary N) is 1. The number of Topliss-reactive ketones (excluding diaryl/α,β-unsaturated/α-hetero) is 1. The molecule has 0 heterocycles. The first kappa shape index (κ1) is 14.6. The van der Waals surface area contributed by atoms with E-state index in [9.17, 15) is 9.90 Å². The number of phenols is 1. The Labute approximate surface area is 106 Å². The minimum atomic E-state index is -0.521. The molecular formula is C13H19NO4. The number of aliphatic hydroxyl groups is 2. The lowest BCUT2D eigenvalue weighted by molar-refractivity contribution is 0.0967. The zero-order valence-electron chi connectivity index (χ0n) is 10.6. The third-order valence-electron chi connectivity index (χ3n) is 2.69. The van der Waals surface area contributed by atoms with Crippen molar-refractivity contribution in [2.45, 2.75) is 26.0 Å². The van der Waals surface area contributed by atoms with Gasteiger partial charge in [0.2, 0.25) is 0 Å². The van der Waals surface area contributed by atoms with Crippen molar-refractivity contribution in [1.29, 1.82) is 0 Å². The van der Waals surface area contributed by atoms with Crippen molar-refractivity contribution < 1.29 is 20.1 Å². The minimum Gasteiger partial charge on any atom is -0.508 e. The number of benzene rings is 1. The molecule has 5 heteroatoms. The predicted molar refractivity (Wildman–Crippen MR) is 67.5 cm³/mol. The number of aliphatic hydroxyl groups excluding tert-OH is 2. The smallest absolute Gasteiger partial charge is 0.176 e. The average molecular weight is 253 g/mol. The summed E-state index contributed by atoms with van der Waals surface area (Å²) in [5.74, 6) is -0.191. The van der Waals surface area contributed by atoms with E-state index in [1.807, 2.05) is 0 Å². The van der Waals surface area contributed by atoms with Crippen LogP contribution in [0.1, 0.15) is 29.8 Å². The molecule has 0 saturated carbocycles. The lowest BCUT2D eigenvalue weighted by Crippen LogP contribution is -2.45. The van der Waals surface area contributed by atoms with Gasteiger partial charge in [0, 0.05) is 16.7 Å². The van der Waals surface area contributed by atoms with Gasteiger partial charge in [-0.1, -0.05) is 0 Å². The second-order valence-electron chi connectivity index (χ2n) is 4.82. The van der Waals surface area contributed by atoms with Crippen LogP contribution in [0.4, 0.5) is 0 Å². The van der Waals surface area contributed by atoms with E-state index in [4.69, 9.17) is 10.2 Å². The van der Waals surface area contributed by atoms with Crippen molar-refractivity contribution in [3.05, 3.63) is 29.3 Å². The van der Waals surface area contributed by atoms with Gasteiger partial charge in [0.25, 0.3) is 0 Å². The van der Waals surface area contributed by atoms with Crippen LogP contribution in [-0.2, 0) is 6.61 Å². The van der Waals surface area contributed by atoms with E-state index in [2.05, 4.69) is 5.32 Å². The van der Waals surface area contributed by atoms with Crippen LogP contribution in [-0.4, -0.2) is 39.8 Å². The summed E-state index contributed by atoms with van der Waals surface area (Å²) in [5, 5.41) is 30.4. The maximum atomic E-state index is 11.9. The minimum absolute atomic E-state index is 0.0299. The van der Waals surface area contributed by atoms with Gasteiger partial charge in [0.05, 0.1) is 19.8 Å². The standard InChI is InChI=1S/C13H19NO4/c1-13(2,8-16)14-6-12(18)9-3-4-11(17)10(5-9)7-15/h3-5,14-17H,6-8H2,1-2H3. The molecule has 0 radical (unpaired) electrons. The SMILES string of the molecule is CC(C)(CO)NCC(=O)c1ccc(O)c(CO)c1.